The van der Waals surface area contributed by atoms with Crippen LogP contribution in [0.4, 0.5) is 0 Å². The number of nitrogens with one attached hydrogen (secondary N) is 1. The van der Waals surface area contributed by atoms with Crippen LogP contribution >= 0.6 is 31.9 Å². The topological polar surface area (TPSA) is 49.4 Å². The van der Waals surface area contributed by atoms with Gasteiger partial charge in [0, 0.05) is 29.1 Å². The largest absolute Gasteiger partial charge is 0.318 e. The fraction of sp³-hybridized carbons (Fsp3) is 0.400. The Morgan fingerprint density at radius 3 is 2.53 bits per heavy atom. The van der Waals surface area contributed by atoms with Crippen LogP contribution in [-0.4, -0.2) is 39.9 Å². The van der Waals surface area contributed by atoms with Gasteiger partial charge in [0.2, 0.25) is 10.0 Å². The molecule has 0 aliphatic heterocycles. The lowest BCUT2D eigenvalue weighted by molar-refractivity contribution is 0.465. The third-order valence-corrected chi connectivity index (χ3v) is 5.59. The molecule has 1 N–H and O–H groups in total. The highest BCUT2D eigenvalue weighted by molar-refractivity contribution is 9.11. The van der Waals surface area contributed by atoms with Gasteiger partial charge in [-0.05, 0) is 41.2 Å². The van der Waals surface area contributed by atoms with E-state index in [-0.39, 0.29) is 4.90 Å². The van der Waals surface area contributed by atoms with Crippen molar-refractivity contribution in [2.24, 2.45) is 0 Å². The summed E-state index contributed by atoms with van der Waals surface area (Å²) < 4.78 is 27.2. The summed E-state index contributed by atoms with van der Waals surface area (Å²) >= 11 is 6.56. The fourth-order valence-electron chi connectivity index (χ4n) is 1.24. The molecular weight excluding hydrogens is 372 g/mol. The van der Waals surface area contributed by atoms with Gasteiger partial charge in [0.1, 0.15) is 0 Å². The summed E-state index contributed by atoms with van der Waals surface area (Å²) in [5, 5.41) is 2.92. The van der Waals surface area contributed by atoms with Crippen LogP contribution in [0.25, 0.3) is 0 Å². The summed E-state index contributed by atoms with van der Waals surface area (Å²) in [6, 6.07) is 5.02. The van der Waals surface area contributed by atoms with Gasteiger partial charge in [0.15, 0.2) is 0 Å². The molecule has 0 amide bonds. The van der Waals surface area contributed by atoms with Gasteiger partial charge < -0.3 is 5.32 Å². The van der Waals surface area contributed by atoms with Crippen molar-refractivity contribution in [1.29, 1.82) is 0 Å². The number of halogens is 2. The number of likely N-dealkylation sites (N-methyl/N-ethyl adjacent to an activating group) is 2. The highest BCUT2D eigenvalue weighted by Gasteiger charge is 2.22. The summed E-state index contributed by atoms with van der Waals surface area (Å²) in [4.78, 5) is 0.277. The number of nitrogens with zero attached hydrogens (tertiary/aromatic N) is 1. The second-order valence-corrected chi connectivity index (χ2v) is 7.29. The average molecular weight is 386 g/mol. The molecule has 7 heteroatoms. The van der Waals surface area contributed by atoms with Crippen molar-refractivity contribution in [2.75, 3.05) is 27.2 Å². The van der Waals surface area contributed by atoms with Gasteiger partial charge in [0.25, 0.3) is 0 Å². The lowest BCUT2D eigenvalue weighted by Gasteiger charge is -2.17. The van der Waals surface area contributed by atoms with Gasteiger partial charge in [0.05, 0.1) is 4.90 Å². The van der Waals surface area contributed by atoms with Gasteiger partial charge in [-0.25, -0.2) is 8.42 Å². The molecule has 4 nitrogen and oxygen atoms in total. The van der Waals surface area contributed by atoms with Crippen molar-refractivity contribution in [1.82, 2.24) is 9.62 Å². The van der Waals surface area contributed by atoms with E-state index in [1.807, 2.05) is 0 Å². The first-order chi connectivity index (χ1) is 7.89. The van der Waals surface area contributed by atoms with Gasteiger partial charge in [-0.3, -0.25) is 0 Å². The zero-order valence-electron chi connectivity index (χ0n) is 9.57. The summed E-state index contributed by atoms with van der Waals surface area (Å²) in [7, 11) is -0.0747. The highest BCUT2D eigenvalue weighted by Crippen LogP contribution is 2.27. The Labute approximate surface area is 119 Å². The van der Waals surface area contributed by atoms with Crippen LogP contribution in [0.1, 0.15) is 0 Å². The molecule has 1 aromatic rings. The molecule has 1 rings (SSSR count). The molecule has 0 saturated carbocycles. The smallest absolute Gasteiger partial charge is 0.243 e. The molecule has 17 heavy (non-hydrogen) atoms. The lowest BCUT2D eigenvalue weighted by atomic mass is 10.4. The molecule has 0 aromatic heterocycles. The average Bonchev–Trinajstić information content (AvgIpc) is 2.25. The Kier molecular flexibility index (Phi) is 5.59. The minimum atomic E-state index is -3.43. The fourth-order valence-corrected chi connectivity index (χ4v) is 4.12. The predicted octanol–water partition coefficient (Wildman–Crippen LogP) is 2.05. The predicted molar refractivity (Wildman–Crippen MR) is 75.6 cm³/mol. The van der Waals surface area contributed by atoms with Crippen molar-refractivity contribution < 1.29 is 8.42 Å². The molecule has 0 aliphatic carbocycles. The number of rotatable bonds is 5. The minimum absolute atomic E-state index is 0.277. The normalized spacial score (nSPS) is 12.1. The van der Waals surface area contributed by atoms with E-state index in [9.17, 15) is 8.42 Å². The number of sulfonamides is 1. The Morgan fingerprint density at radius 1 is 1.35 bits per heavy atom. The van der Waals surface area contributed by atoms with Crippen molar-refractivity contribution in [3.8, 4) is 0 Å². The molecule has 1 aromatic carbocycles. The zero-order chi connectivity index (χ0) is 13.1. The summed E-state index contributed by atoms with van der Waals surface area (Å²) in [5.74, 6) is 0. The maximum absolute atomic E-state index is 12.2. The molecule has 0 saturated heterocycles. The maximum Gasteiger partial charge on any atom is 0.243 e. The molecule has 0 radical (unpaired) electrons. The molecular formula is C10H14Br2N2O2S. The molecule has 0 bridgehead atoms. The second kappa shape index (κ2) is 6.29. The minimum Gasteiger partial charge on any atom is -0.318 e. The Balaban J connectivity index is 3.04. The van der Waals surface area contributed by atoms with E-state index in [1.165, 1.54) is 4.31 Å². The van der Waals surface area contributed by atoms with Crippen molar-refractivity contribution in [2.45, 2.75) is 4.90 Å². The van der Waals surface area contributed by atoms with Gasteiger partial charge >= 0.3 is 0 Å². The molecule has 0 aliphatic rings. The van der Waals surface area contributed by atoms with Crippen LogP contribution < -0.4 is 5.32 Å². The first kappa shape index (κ1) is 15.1. The molecule has 0 unspecified atom stereocenters. The maximum atomic E-state index is 12.2. The van der Waals surface area contributed by atoms with Gasteiger partial charge in [-0.15, -0.1) is 0 Å². The highest BCUT2D eigenvalue weighted by atomic mass is 79.9. The van der Waals surface area contributed by atoms with Crippen LogP contribution in [0.5, 0.6) is 0 Å². The molecule has 0 atom stereocenters. The van der Waals surface area contributed by atoms with E-state index < -0.39 is 10.0 Å². The van der Waals surface area contributed by atoms with Crippen LogP contribution in [0, 0.1) is 0 Å². The summed E-state index contributed by atoms with van der Waals surface area (Å²) in [6.07, 6.45) is 0. The molecule has 0 spiro atoms. The van der Waals surface area contributed by atoms with E-state index in [4.69, 9.17) is 0 Å². The van der Waals surface area contributed by atoms with E-state index in [0.29, 0.717) is 17.6 Å². The first-order valence-electron chi connectivity index (χ1n) is 4.95. The molecule has 96 valence electrons. The number of hydrogen-bond donors (Lipinski definition) is 1. The number of hydrogen-bond acceptors (Lipinski definition) is 3. The van der Waals surface area contributed by atoms with Gasteiger partial charge in [-0.2, -0.15) is 4.31 Å². The van der Waals surface area contributed by atoms with Crippen molar-refractivity contribution in [3.05, 3.63) is 27.1 Å². The van der Waals surface area contributed by atoms with E-state index >= 15 is 0 Å². The van der Waals surface area contributed by atoms with Crippen molar-refractivity contribution in [3.63, 3.8) is 0 Å². The van der Waals surface area contributed by atoms with E-state index in [2.05, 4.69) is 37.2 Å². The molecule has 0 heterocycles. The molecule has 0 fully saturated rings. The third kappa shape index (κ3) is 3.75. The third-order valence-electron chi connectivity index (χ3n) is 2.26. The zero-order valence-corrected chi connectivity index (χ0v) is 13.6. The SMILES string of the molecule is CNCCN(C)S(=O)(=O)c1ccc(Br)cc1Br. The standard InChI is InChI=1S/C10H14Br2N2O2S/c1-13-5-6-14(2)17(15,16)10-4-3-8(11)7-9(10)12/h3-4,7,13H,5-6H2,1-2H3. The first-order valence-corrected chi connectivity index (χ1v) is 7.98. The Bertz CT molecular complexity index is 491. The second-order valence-electron chi connectivity index (χ2n) is 3.50. The Morgan fingerprint density at radius 2 is 2.00 bits per heavy atom. The summed E-state index contributed by atoms with van der Waals surface area (Å²) in [5.41, 5.74) is 0. The quantitative estimate of drug-likeness (QED) is 0.843. The van der Waals surface area contributed by atoms with Crippen molar-refractivity contribution >= 4 is 41.9 Å². The number of benzene rings is 1. The Hall–Kier alpha value is 0.0500. The summed E-state index contributed by atoms with van der Waals surface area (Å²) in [6.45, 7) is 1.05. The van der Waals surface area contributed by atoms with Crippen LogP contribution in [0.3, 0.4) is 0 Å². The van der Waals surface area contributed by atoms with Gasteiger partial charge in [-0.1, -0.05) is 15.9 Å². The monoisotopic (exact) mass is 384 g/mol. The van der Waals surface area contributed by atoms with Crippen LogP contribution in [-0.2, 0) is 10.0 Å². The van der Waals surface area contributed by atoms with Crippen LogP contribution in [0.15, 0.2) is 32.0 Å². The van der Waals surface area contributed by atoms with Crippen LogP contribution in [0.2, 0.25) is 0 Å². The van der Waals surface area contributed by atoms with E-state index in [0.717, 1.165) is 4.47 Å². The van der Waals surface area contributed by atoms with E-state index in [1.54, 1.807) is 32.3 Å². The lowest BCUT2D eigenvalue weighted by Crippen LogP contribution is -2.33.